The monoisotopic (exact) mass is 286 g/mol. The molecular formula is C15H30N2O3. The Labute approximate surface area is 123 Å². The highest BCUT2D eigenvalue weighted by molar-refractivity contribution is 5.76. The minimum Gasteiger partial charge on any atom is -0.380 e. The molecular weight excluding hydrogens is 256 g/mol. The molecule has 0 unspecified atom stereocenters. The maximum atomic E-state index is 10.9. The largest absolute Gasteiger partial charge is 0.380 e. The summed E-state index contributed by atoms with van der Waals surface area (Å²) in [6.45, 7) is 8.22. The third-order valence-corrected chi connectivity index (χ3v) is 3.77. The molecule has 0 radical (unpaired) electrons. The predicted molar refractivity (Wildman–Crippen MR) is 79.8 cm³/mol. The highest BCUT2D eigenvalue weighted by Crippen LogP contribution is 2.15. The van der Waals surface area contributed by atoms with Gasteiger partial charge in [0.2, 0.25) is 5.91 Å². The first-order valence-electron chi connectivity index (χ1n) is 7.80. The first-order chi connectivity index (χ1) is 9.72. The minimum absolute atomic E-state index is 0.0721. The number of piperidine rings is 1. The van der Waals surface area contributed by atoms with Crippen molar-refractivity contribution >= 4 is 5.91 Å². The fourth-order valence-electron chi connectivity index (χ4n) is 2.23. The van der Waals surface area contributed by atoms with Crippen LogP contribution in [0.25, 0.3) is 0 Å². The van der Waals surface area contributed by atoms with Crippen LogP contribution in [-0.2, 0) is 14.3 Å². The van der Waals surface area contributed by atoms with Gasteiger partial charge in [0.1, 0.15) is 6.61 Å². The molecule has 0 spiro atoms. The summed E-state index contributed by atoms with van der Waals surface area (Å²) in [5.74, 6) is 0.819. The summed E-state index contributed by atoms with van der Waals surface area (Å²) >= 11 is 0. The lowest BCUT2D eigenvalue weighted by atomic mass is 9.99. The molecule has 0 aromatic carbocycles. The standard InChI is InChI=1S/C15H30N2O3/c1-14-5-7-17(8-6-14)9-12-19-10-3-4-11-20-13-15(18)16-2/h14H,3-13H2,1-2H3,(H,16,18). The second kappa shape index (κ2) is 11.1. The summed E-state index contributed by atoms with van der Waals surface area (Å²) in [4.78, 5) is 13.4. The number of likely N-dealkylation sites (N-methyl/N-ethyl adjacent to an activating group) is 1. The van der Waals surface area contributed by atoms with E-state index in [4.69, 9.17) is 9.47 Å². The number of carbonyl (C=O) groups is 1. The van der Waals surface area contributed by atoms with Gasteiger partial charge >= 0.3 is 0 Å². The smallest absolute Gasteiger partial charge is 0.245 e. The molecule has 0 aliphatic carbocycles. The highest BCUT2D eigenvalue weighted by Gasteiger charge is 2.14. The molecule has 5 nitrogen and oxygen atoms in total. The summed E-state index contributed by atoms with van der Waals surface area (Å²) in [6.07, 6.45) is 4.58. The third kappa shape index (κ3) is 8.51. The molecule has 0 atom stereocenters. The Hall–Kier alpha value is -0.650. The average molecular weight is 286 g/mol. The van der Waals surface area contributed by atoms with Crippen molar-refractivity contribution in [2.24, 2.45) is 5.92 Å². The van der Waals surface area contributed by atoms with Gasteiger partial charge in [-0.1, -0.05) is 6.92 Å². The summed E-state index contributed by atoms with van der Waals surface area (Å²) in [7, 11) is 1.61. The van der Waals surface area contributed by atoms with Crippen molar-refractivity contribution in [2.45, 2.75) is 32.6 Å². The van der Waals surface area contributed by atoms with Gasteiger partial charge in [0.05, 0.1) is 6.61 Å². The normalized spacial score (nSPS) is 17.3. The molecule has 0 aromatic heterocycles. The van der Waals surface area contributed by atoms with Crippen molar-refractivity contribution in [3.05, 3.63) is 0 Å². The second-order valence-electron chi connectivity index (χ2n) is 5.57. The molecule has 1 N–H and O–H groups in total. The topological polar surface area (TPSA) is 50.8 Å². The predicted octanol–water partition coefficient (Wildman–Crippen LogP) is 1.28. The zero-order valence-electron chi connectivity index (χ0n) is 13.0. The Kier molecular flexibility index (Phi) is 9.62. The van der Waals surface area contributed by atoms with Gasteiger partial charge in [0.15, 0.2) is 0 Å². The van der Waals surface area contributed by atoms with E-state index in [0.717, 1.165) is 38.5 Å². The number of carbonyl (C=O) groups excluding carboxylic acids is 1. The zero-order chi connectivity index (χ0) is 14.6. The molecule has 1 heterocycles. The molecule has 118 valence electrons. The van der Waals surface area contributed by atoms with Crippen LogP contribution in [0.1, 0.15) is 32.6 Å². The van der Waals surface area contributed by atoms with Crippen LogP contribution in [-0.4, -0.2) is 63.9 Å². The van der Waals surface area contributed by atoms with E-state index in [1.807, 2.05) is 0 Å². The van der Waals surface area contributed by atoms with Gasteiger partial charge in [0, 0.05) is 26.8 Å². The quantitative estimate of drug-likeness (QED) is 0.615. The van der Waals surface area contributed by atoms with Crippen LogP contribution in [0.4, 0.5) is 0 Å². The first kappa shape index (κ1) is 17.4. The average Bonchev–Trinajstić information content (AvgIpc) is 2.47. The van der Waals surface area contributed by atoms with Gasteiger partial charge in [-0.05, 0) is 44.7 Å². The number of ether oxygens (including phenoxy) is 2. The maximum absolute atomic E-state index is 10.9. The van der Waals surface area contributed by atoms with Crippen molar-refractivity contribution in [3.8, 4) is 0 Å². The Morgan fingerprint density at radius 1 is 1.15 bits per heavy atom. The van der Waals surface area contributed by atoms with E-state index in [9.17, 15) is 4.79 Å². The number of likely N-dealkylation sites (tertiary alicyclic amines) is 1. The van der Waals surface area contributed by atoms with Crippen molar-refractivity contribution in [1.82, 2.24) is 10.2 Å². The highest BCUT2D eigenvalue weighted by atomic mass is 16.5. The van der Waals surface area contributed by atoms with Crippen molar-refractivity contribution in [3.63, 3.8) is 0 Å². The Balaban J connectivity index is 1.80. The van der Waals surface area contributed by atoms with Gasteiger partial charge in [0.25, 0.3) is 0 Å². The number of rotatable bonds is 10. The molecule has 1 aliphatic rings. The lowest BCUT2D eigenvalue weighted by Gasteiger charge is -2.29. The van der Waals surface area contributed by atoms with Crippen LogP contribution < -0.4 is 5.32 Å². The molecule has 1 aliphatic heterocycles. The lowest BCUT2D eigenvalue weighted by Crippen LogP contribution is -2.35. The van der Waals surface area contributed by atoms with E-state index < -0.39 is 0 Å². The summed E-state index contributed by atoms with van der Waals surface area (Å²) in [6, 6.07) is 0. The molecule has 0 bridgehead atoms. The first-order valence-corrected chi connectivity index (χ1v) is 7.80. The molecule has 1 saturated heterocycles. The second-order valence-corrected chi connectivity index (χ2v) is 5.57. The van der Waals surface area contributed by atoms with Crippen molar-refractivity contribution in [1.29, 1.82) is 0 Å². The third-order valence-electron chi connectivity index (χ3n) is 3.77. The number of nitrogens with one attached hydrogen (secondary N) is 1. The minimum atomic E-state index is -0.0721. The van der Waals surface area contributed by atoms with Gasteiger partial charge in [-0.2, -0.15) is 0 Å². The summed E-state index contributed by atoms with van der Waals surface area (Å²) in [5.41, 5.74) is 0. The summed E-state index contributed by atoms with van der Waals surface area (Å²) in [5, 5.41) is 2.52. The molecule has 5 heteroatoms. The van der Waals surface area contributed by atoms with E-state index in [0.29, 0.717) is 6.61 Å². The number of unbranched alkanes of at least 4 members (excludes halogenated alkanes) is 1. The van der Waals surface area contributed by atoms with Crippen LogP contribution in [0.5, 0.6) is 0 Å². The fourth-order valence-corrected chi connectivity index (χ4v) is 2.23. The van der Waals surface area contributed by atoms with Crippen molar-refractivity contribution < 1.29 is 14.3 Å². The van der Waals surface area contributed by atoms with E-state index in [2.05, 4.69) is 17.1 Å². The van der Waals surface area contributed by atoms with Crippen LogP contribution in [0.3, 0.4) is 0 Å². The van der Waals surface area contributed by atoms with Gasteiger partial charge < -0.3 is 19.7 Å². The van der Waals surface area contributed by atoms with Crippen LogP contribution in [0, 0.1) is 5.92 Å². The number of hydrogen-bond acceptors (Lipinski definition) is 4. The van der Waals surface area contributed by atoms with E-state index in [1.165, 1.54) is 25.9 Å². The van der Waals surface area contributed by atoms with Gasteiger partial charge in [-0.25, -0.2) is 0 Å². The number of amides is 1. The molecule has 0 saturated carbocycles. The Morgan fingerprint density at radius 2 is 1.80 bits per heavy atom. The van der Waals surface area contributed by atoms with Crippen LogP contribution >= 0.6 is 0 Å². The zero-order valence-corrected chi connectivity index (χ0v) is 13.0. The fraction of sp³-hybridized carbons (Fsp3) is 0.933. The Bertz CT molecular complexity index is 254. The SMILES string of the molecule is CNC(=O)COCCCCOCCN1CCC(C)CC1. The molecule has 0 aromatic rings. The van der Waals surface area contributed by atoms with Crippen molar-refractivity contribution in [2.75, 3.05) is 53.1 Å². The molecule has 1 amide bonds. The van der Waals surface area contributed by atoms with Crippen LogP contribution in [0.15, 0.2) is 0 Å². The number of nitrogens with zero attached hydrogens (tertiary/aromatic N) is 1. The molecule has 1 rings (SSSR count). The van der Waals surface area contributed by atoms with Gasteiger partial charge in [-0.3, -0.25) is 4.79 Å². The molecule has 1 fully saturated rings. The van der Waals surface area contributed by atoms with E-state index in [1.54, 1.807) is 7.05 Å². The van der Waals surface area contributed by atoms with E-state index in [-0.39, 0.29) is 12.5 Å². The summed E-state index contributed by atoms with van der Waals surface area (Å²) < 4.78 is 10.9. The number of hydrogen-bond donors (Lipinski definition) is 1. The van der Waals surface area contributed by atoms with Crippen LogP contribution in [0.2, 0.25) is 0 Å². The van der Waals surface area contributed by atoms with E-state index >= 15 is 0 Å². The molecule has 20 heavy (non-hydrogen) atoms. The maximum Gasteiger partial charge on any atom is 0.245 e. The lowest BCUT2D eigenvalue weighted by molar-refractivity contribution is -0.125. The Morgan fingerprint density at radius 3 is 2.45 bits per heavy atom. The van der Waals surface area contributed by atoms with Gasteiger partial charge in [-0.15, -0.1) is 0 Å².